The molecule has 3 aliphatic rings. The van der Waals surface area contributed by atoms with Crippen molar-refractivity contribution in [3.8, 4) is 0 Å². The van der Waals surface area contributed by atoms with E-state index in [1.54, 1.807) is 0 Å². The monoisotopic (exact) mass is 285 g/mol. The number of aryl methyl sites for hydroxylation is 2. The fraction of sp³-hybridized carbons (Fsp3) is 0.647. The summed E-state index contributed by atoms with van der Waals surface area (Å²) in [6.45, 7) is 4.05. The highest BCUT2D eigenvalue weighted by molar-refractivity contribution is 5.81. The molecule has 2 bridgehead atoms. The largest absolute Gasteiger partial charge is 0.349 e. The van der Waals surface area contributed by atoms with Crippen LogP contribution in [0.3, 0.4) is 0 Å². The number of amides is 1. The number of hydrogen-bond donors (Lipinski definition) is 1. The minimum atomic E-state index is 0.0319. The normalized spacial score (nSPS) is 32.6. The van der Waals surface area contributed by atoms with E-state index in [4.69, 9.17) is 0 Å². The van der Waals surface area contributed by atoms with E-state index in [9.17, 15) is 4.79 Å². The fourth-order valence-electron chi connectivity index (χ4n) is 4.71. The van der Waals surface area contributed by atoms with Crippen LogP contribution in [0.2, 0.25) is 0 Å². The Kier molecular flexibility index (Phi) is 2.63. The number of nitrogens with zero attached hydrogens (tertiary/aromatic N) is 2. The minimum absolute atomic E-state index is 0.0319. The molecule has 1 heterocycles. The van der Waals surface area contributed by atoms with Crippen LogP contribution in [0.1, 0.15) is 43.5 Å². The molecule has 0 aromatic carbocycles. The number of nitrogens with one attached hydrogen (secondary N) is 1. The fourth-order valence-corrected chi connectivity index (χ4v) is 4.71. The van der Waals surface area contributed by atoms with Crippen LogP contribution in [0.15, 0.2) is 18.3 Å². The maximum atomic E-state index is 12.7. The smallest absolute Gasteiger partial charge is 0.224 e. The van der Waals surface area contributed by atoms with Gasteiger partial charge in [-0.2, -0.15) is 5.10 Å². The standard InChI is InChI=1S/C17H23N3O/c1-10(14-9-20(3)19-11(14)2)18-16(21)13-8-12-4-5-15(13)17(12)6-7-17/h4-5,9-10,12-13,15H,6-8H2,1-3H3,(H,18,21)/t10-,12-,13+,15-/m1/s1. The molecule has 1 spiro atoms. The maximum Gasteiger partial charge on any atom is 0.224 e. The van der Waals surface area contributed by atoms with Crippen LogP contribution >= 0.6 is 0 Å². The van der Waals surface area contributed by atoms with Gasteiger partial charge in [0.2, 0.25) is 5.91 Å². The average molecular weight is 285 g/mol. The van der Waals surface area contributed by atoms with Gasteiger partial charge in [-0.1, -0.05) is 12.2 Å². The lowest BCUT2D eigenvalue weighted by molar-refractivity contribution is -0.126. The second-order valence-corrected chi connectivity index (χ2v) is 7.17. The molecule has 2 fully saturated rings. The average Bonchev–Trinajstić information content (AvgIpc) is 2.97. The molecule has 112 valence electrons. The summed E-state index contributed by atoms with van der Waals surface area (Å²) in [5, 5.41) is 7.58. The zero-order chi connectivity index (χ0) is 14.8. The third kappa shape index (κ3) is 1.81. The third-order valence-corrected chi connectivity index (χ3v) is 5.94. The third-order valence-electron chi connectivity index (χ3n) is 5.94. The molecule has 1 aromatic heterocycles. The SMILES string of the molecule is Cc1nn(C)cc1[C@@H](C)NC(=O)[C@H]1C[C@H]2C=C[C@H]1C21CC1. The first kappa shape index (κ1) is 13.1. The van der Waals surface area contributed by atoms with E-state index in [1.807, 2.05) is 24.9 Å². The van der Waals surface area contributed by atoms with Gasteiger partial charge in [0.15, 0.2) is 0 Å². The lowest BCUT2D eigenvalue weighted by Gasteiger charge is -2.22. The predicted octanol–water partition coefficient (Wildman–Crippen LogP) is 2.51. The Morgan fingerprint density at radius 3 is 2.81 bits per heavy atom. The molecule has 3 aliphatic carbocycles. The van der Waals surface area contributed by atoms with Gasteiger partial charge >= 0.3 is 0 Å². The van der Waals surface area contributed by atoms with Crippen molar-refractivity contribution in [2.45, 2.75) is 39.2 Å². The molecule has 4 atom stereocenters. The van der Waals surface area contributed by atoms with Crippen molar-refractivity contribution in [2.75, 3.05) is 0 Å². The highest BCUT2D eigenvalue weighted by Gasteiger charge is 2.64. The van der Waals surface area contributed by atoms with Crippen molar-refractivity contribution in [3.63, 3.8) is 0 Å². The summed E-state index contributed by atoms with van der Waals surface area (Å²) in [6, 6.07) is 0.0319. The Bertz CT molecular complexity index is 626. The predicted molar refractivity (Wildman–Crippen MR) is 80.4 cm³/mol. The summed E-state index contributed by atoms with van der Waals surface area (Å²) in [5.41, 5.74) is 2.60. The summed E-state index contributed by atoms with van der Waals surface area (Å²) in [6.07, 6.45) is 10.4. The van der Waals surface area contributed by atoms with Gasteiger partial charge in [0, 0.05) is 24.7 Å². The van der Waals surface area contributed by atoms with Crippen LogP contribution in [0.4, 0.5) is 0 Å². The van der Waals surface area contributed by atoms with Crippen LogP contribution in [-0.2, 0) is 11.8 Å². The van der Waals surface area contributed by atoms with E-state index in [0.717, 1.165) is 17.7 Å². The Morgan fingerprint density at radius 2 is 2.24 bits per heavy atom. The lowest BCUT2D eigenvalue weighted by Crippen LogP contribution is -2.35. The minimum Gasteiger partial charge on any atom is -0.349 e. The van der Waals surface area contributed by atoms with Crippen molar-refractivity contribution >= 4 is 5.91 Å². The second kappa shape index (κ2) is 4.21. The molecular formula is C17H23N3O. The van der Waals surface area contributed by atoms with Crippen molar-refractivity contribution in [2.24, 2.45) is 30.2 Å². The molecular weight excluding hydrogens is 262 g/mol. The first-order chi connectivity index (χ1) is 10.0. The van der Waals surface area contributed by atoms with Gasteiger partial charge < -0.3 is 5.32 Å². The van der Waals surface area contributed by atoms with E-state index in [0.29, 0.717) is 17.3 Å². The van der Waals surface area contributed by atoms with Gasteiger partial charge in [-0.25, -0.2) is 0 Å². The molecule has 21 heavy (non-hydrogen) atoms. The zero-order valence-electron chi connectivity index (χ0n) is 13.0. The number of rotatable bonds is 3. The van der Waals surface area contributed by atoms with E-state index < -0.39 is 0 Å². The molecule has 1 aromatic rings. The summed E-state index contributed by atoms with van der Waals surface area (Å²) < 4.78 is 1.81. The Hall–Kier alpha value is -1.58. The highest BCUT2D eigenvalue weighted by Crippen LogP contribution is 2.70. The van der Waals surface area contributed by atoms with Crippen molar-refractivity contribution in [1.82, 2.24) is 15.1 Å². The second-order valence-electron chi connectivity index (χ2n) is 7.17. The summed E-state index contributed by atoms with van der Waals surface area (Å²) >= 11 is 0. The first-order valence-electron chi connectivity index (χ1n) is 8.00. The number of aromatic nitrogens is 2. The number of allylic oxidation sites excluding steroid dienone is 2. The van der Waals surface area contributed by atoms with Crippen LogP contribution < -0.4 is 5.32 Å². The topological polar surface area (TPSA) is 46.9 Å². The van der Waals surface area contributed by atoms with E-state index in [2.05, 4.69) is 29.5 Å². The van der Waals surface area contributed by atoms with Gasteiger partial charge in [0.25, 0.3) is 0 Å². The molecule has 4 rings (SSSR count). The zero-order valence-corrected chi connectivity index (χ0v) is 13.0. The van der Waals surface area contributed by atoms with Crippen LogP contribution in [0, 0.1) is 30.1 Å². The van der Waals surface area contributed by atoms with Gasteiger partial charge in [-0.3, -0.25) is 9.48 Å². The molecule has 0 aliphatic heterocycles. The molecule has 0 unspecified atom stereocenters. The Labute approximate surface area is 125 Å². The van der Waals surface area contributed by atoms with Crippen LogP contribution in [0.5, 0.6) is 0 Å². The van der Waals surface area contributed by atoms with Gasteiger partial charge in [0.05, 0.1) is 11.7 Å². The lowest BCUT2D eigenvalue weighted by atomic mass is 9.88. The van der Waals surface area contributed by atoms with Crippen molar-refractivity contribution in [3.05, 3.63) is 29.6 Å². The van der Waals surface area contributed by atoms with Gasteiger partial charge in [-0.15, -0.1) is 0 Å². The van der Waals surface area contributed by atoms with Gasteiger partial charge in [0.1, 0.15) is 0 Å². The summed E-state index contributed by atoms with van der Waals surface area (Å²) in [4.78, 5) is 12.7. The molecule has 1 N–H and O–H groups in total. The molecule has 0 saturated heterocycles. The quantitative estimate of drug-likeness (QED) is 0.867. The van der Waals surface area contributed by atoms with E-state index >= 15 is 0 Å². The number of carbonyl (C=O) groups excluding carboxylic acids is 1. The van der Waals surface area contributed by atoms with Crippen molar-refractivity contribution in [1.29, 1.82) is 0 Å². The molecule has 4 heteroatoms. The van der Waals surface area contributed by atoms with E-state index in [-0.39, 0.29) is 17.9 Å². The van der Waals surface area contributed by atoms with Crippen LogP contribution in [-0.4, -0.2) is 15.7 Å². The molecule has 1 amide bonds. The van der Waals surface area contributed by atoms with Crippen molar-refractivity contribution < 1.29 is 4.79 Å². The first-order valence-corrected chi connectivity index (χ1v) is 8.00. The summed E-state index contributed by atoms with van der Waals surface area (Å²) in [5.74, 6) is 1.56. The van der Waals surface area contributed by atoms with Gasteiger partial charge in [-0.05, 0) is 50.4 Å². The summed E-state index contributed by atoms with van der Waals surface area (Å²) in [7, 11) is 1.92. The molecule has 4 nitrogen and oxygen atoms in total. The maximum absolute atomic E-state index is 12.7. The molecule has 0 radical (unpaired) electrons. The van der Waals surface area contributed by atoms with Crippen LogP contribution in [0.25, 0.3) is 0 Å². The highest BCUT2D eigenvalue weighted by atomic mass is 16.2. The van der Waals surface area contributed by atoms with E-state index in [1.165, 1.54) is 12.8 Å². The molecule has 2 saturated carbocycles. The Balaban J connectivity index is 1.47. The number of carbonyl (C=O) groups is 1. The number of hydrogen-bond acceptors (Lipinski definition) is 2. The Morgan fingerprint density at radius 1 is 1.48 bits per heavy atom.